The third kappa shape index (κ3) is 6.54. The van der Waals surface area contributed by atoms with Crippen LogP contribution in [0.25, 0.3) is 0 Å². The van der Waals surface area contributed by atoms with E-state index < -0.39 is 0 Å². The zero-order chi connectivity index (χ0) is 28.3. The minimum absolute atomic E-state index is 0. The molecule has 42 heavy (non-hydrogen) atoms. The first-order chi connectivity index (χ1) is 19.6. The number of hydrogen-bond donors (Lipinski definition) is 0. The number of benzene rings is 2. The van der Waals surface area contributed by atoms with Gasteiger partial charge in [0.2, 0.25) is 0 Å². The molecule has 2 radical (unpaired) electrons. The molecule has 2 fully saturated rings. The van der Waals surface area contributed by atoms with Gasteiger partial charge in [0.05, 0.1) is 11.7 Å². The predicted octanol–water partition coefficient (Wildman–Crippen LogP) is 8.13. The number of nitrogens with zero attached hydrogens (tertiary/aromatic N) is 4. The van der Waals surface area contributed by atoms with Gasteiger partial charge in [0.1, 0.15) is 0 Å². The van der Waals surface area contributed by atoms with Gasteiger partial charge >= 0.3 is 0 Å². The summed E-state index contributed by atoms with van der Waals surface area (Å²) in [6.45, 7) is 14.5. The molecular formula is C36H46N4Y2-2. The van der Waals surface area contributed by atoms with Crippen LogP contribution in [0.2, 0.25) is 0 Å². The summed E-state index contributed by atoms with van der Waals surface area (Å²) >= 11 is 0. The first kappa shape index (κ1) is 35.5. The second-order valence-corrected chi connectivity index (χ2v) is 11.0. The van der Waals surface area contributed by atoms with Gasteiger partial charge < -0.3 is 22.0 Å². The normalized spacial score (nSPS) is 25.2. The third-order valence-electron chi connectivity index (χ3n) is 8.87. The van der Waals surface area contributed by atoms with E-state index in [-0.39, 0.29) is 76.5 Å². The molecule has 4 heterocycles. The van der Waals surface area contributed by atoms with E-state index in [1.807, 2.05) is 27.7 Å². The molecule has 0 bridgehead atoms. The van der Waals surface area contributed by atoms with Crippen molar-refractivity contribution in [1.82, 2.24) is 9.80 Å². The molecule has 6 heteroatoms. The Labute approximate surface area is 305 Å². The SMILES string of the molecule is CC.CC.CC1=NC2([C-]=C3CCCN31)CCc1ccccc12.CC1=NC2([C-]=C3CCCN31)CCc1ccccc12.[Y].[Y]. The smallest absolute Gasteiger partial charge is 0.0954 e. The van der Waals surface area contributed by atoms with Crippen LogP contribution in [0.15, 0.2) is 69.9 Å². The molecule has 0 saturated carbocycles. The number of rotatable bonds is 0. The van der Waals surface area contributed by atoms with Crippen molar-refractivity contribution in [3.05, 3.63) is 94.3 Å². The van der Waals surface area contributed by atoms with Crippen molar-refractivity contribution in [2.45, 2.75) is 104 Å². The van der Waals surface area contributed by atoms with Crippen molar-refractivity contribution in [3.63, 3.8) is 0 Å². The minimum Gasteiger partial charge on any atom is -0.442 e. The molecule has 2 aromatic carbocycles. The van der Waals surface area contributed by atoms with Crippen LogP contribution in [0.4, 0.5) is 0 Å². The maximum atomic E-state index is 5.01. The van der Waals surface area contributed by atoms with Crippen molar-refractivity contribution in [1.29, 1.82) is 0 Å². The fraction of sp³-hybridized carbons (Fsp3) is 0.500. The maximum absolute atomic E-state index is 5.01. The fourth-order valence-electron chi connectivity index (χ4n) is 7.21. The molecule has 2 atom stereocenters. The van der Waals surface area contributed by atoms with E-state index in [0.29, 0.717) is 0 Å². The Bertz CT molecular complexity index is 1260. The van der Waals surface area contributed by atoms with Crippen molar-refractivity contribution < 1.29 is 65.4 Å². The Hall–Kier alpha value is -0.932. The van der Waals surface area contributed by atoms with Gasteiger partial charge in [-0.15, -0.1) is 0 Å². The van der Waals surface area contributed by atoms with Gasteiger partial charge in [0, 0.05) is 78.5 Å². The molecule has 2 aromatic rings. The van der Waals surface area contributed by atoms with Gasteiger partial charge in [-0.3, -0.25) is 9.98 Å². The summed E-state index contributed by atoms with van der Waals surface area (Å²) in [7, 11) is 0. The summed E-state index contributed by atoms with van der Waals surface area (Å²) in [5, 5.41) is 0. The quantitative estimate of drug-likeness (QED) is 0.259. The second kappa shape index (κ2) is 15.4. The zero-order valence-corrected chi connectivity index (χ0v) is 32.3. The van der Waals surface area contributed by atoms with Crippen molar-refractivity contribution in [2.24, 2.45) is 9.98 Å². The topological polar surface area (TPSA) is 31.2 Å². The van der Waals surface area contributed by atoms with Crippen molar-refractivity contribution in [2.75, 3.05) is 13.1 Å². The van der Waals surface area contributed by atoms with E-state index >= 15 is 0 Å². The Morgan fingerprint density at radius 1 is 0.595 bits per heavy atom. The summed E-state index contributed by atoms with van der Waals surface area (Å²) in [5.41, 5.74) is 8.07. The number of aliphatic imine (C=N–C) groups is 2. The first-order valence-corrected chi connectivity index (χ1v) is 15.7. The van der Waals surface area contributed by atoms with E-state index in [1.165, 1.54) is 58.2 Å². The Morgan fingerprint density at radius 3 is 1.38 bits per heavy atom. The minimum atomic E-state index is -0.170. The third-order valence-corrected chi connectivity index (χ3v) is 8.87. The summed E-state index contributed by atoms with van der Waals surface area (Å²) in [6, 6.07) is 17.5. The van der Waals surface area contributed by atoms with Crippen LogP contribution in [0.1, 0.15) is 102 Å². The van der Waals surface area contributed by atoms with Crippen LogP contribution in [0.3, 0.4) is 0 Å². The molecule has 2 aliphatic carbocycles. The van der Waals surface area contributed by atoms with Gasteiger partial charge in [-0.25, -0.2) is 0 Å². The van der Waals surface area contributed by atoms with Crippen molar-refractivity contribution in [3.8, 4) is 0 Å². The monoisotopic (exact) mass is 712 g/mol. The average molecular weight is 713 g/mol. The Kier molecular flexibility index (Phi) is 13.0. The molecule has 218 valence electrons. The van der Waals surface area contributed by atoms with E-state index in [2.05, 4.69) is 84.3 Å². The second-order valence-electron chi connectivity index (χ2n) is 11.0. The van der Waals surface area contributed by atoms with Crippen LogP contribution in [0.5, 0.6) is 0 Å². The number of hydrogen-bond acceptors (Lipinski definition) is 4. The van der Waals surface area contributed by atoms with Crippen LogP contribution in [-0.2, 0) is 89.3 Å². The van der Waals surface area contributed by atoms with Crippen LogP contribution < -0.4 is 0 Å². The summed E-state index contributed by atoms with van der Waals surface area (Å²) < 4.78 is 0. The molecule has 4 aliphatic heterocycles. The summed E-state index contributed by atoms with van der Waals surface area (Å²) in [6.07, 6.45) is 16.7. The fourth-order valence-corrected chi connectivity index (χ4v) is 7.21. The molecule has 8 rings (SSSR count). The van der Waals surface area contributed by atoms with E-state index in [9.17, 15) is 0 Å². The predicted molar refractivity (Wildman–Crippen MR) is 167 cm³/mol. The molecule has 0 aromatic heterocycles. The Morgan fingerprint density at radius 2 is 0.976 bits per heavy atom. The van der Waals surface area contributed by atoms with E-state index in [1.54, 1.807) is 0 Å². The summed E-state index contributed by atoms with van der Waals surface area (Å²) in [4.78, 5) is 14.7. The number of allylic oxidation sites excluding steroid dienone is 2. The van der Waals surface area contributed by atoms with Gasteiger partial charge in [-0.1, -0.05) is 76.2 Å². The molecule has 0 N–H and O–H groups in total. The number of fused-ring (bicyclic) bond motifs is 6. The van der Waals surface area contributed by atoms with Crippen LogP contribution >= 0.6 is 0 Å². The Balaban J connectivity index is 0.000000198. The molecular weight excluding hydrogens is 666 g/mol. The average Bonchev–Trinajstić information content (AvgIpc) is 3.80. The van der Waals surface area contributed by atoms with Gasteiger partial charge in [-0.05, 0) is 98.5 Å². The molecule has 2 spiro atoms. The van der Waals surface area contributed by atoms with Gasteiger partial charge in [-0.2, -0.15) is 11.4 Å². The molecule has 2 unspecified atom stereocenters. The van der Waals surface area contributed by atoms with Crippen LogP contribution in [-0.4, -0.2) is 34.6 Å². The number of aryl methyl sites for hydroxylation is 2. The molecule has 6 aliphatic rings. The number of amidine groups is 2. The van der Waals surface area contributed by atoms with Crippen LogP contribution in [0, 0.1) is 12.2 Å². The standard InChI is InChI=1S/2C16H17N2.2C2H6.2Y/c2*1-12-17-16(11-14-6-4-10-18(12)14)9-8-13-5-2-3-7-15(13)16;2*1-2;;/h2*2-3,5,7H,4,6,8-10H2,1H3;2*1-2H3;;/q2*-1;;;;. The van der Waals surface area contributed by atoms with E-state index in [0.717, 1.165) is 51.6 Å². The van der Waals surface area contributed by atoms with E-state index in [4.69, 9.17) is 9.98 Å². The molecule has 4 nitrogen and oxygen atoms in total. The first-order valence-electron chi connectivity index (χ1n) is 15.7. The summed E-state index contributed by atoms with van der Waals surface area (Å²) in [5.74, 6) is 2.36. The molecule has 2 saturated heterocycles. The van der Waals surface area contributed by atoms with Crippen molar-refractivity contribution >= 4 is 11.7 Å². The van der Waals surface area contributed by atoms with Gasteiger partial charge in [0.15, 0.2) is 0 Å². The zero-order valence-electron chi connectivity index (χ0n) is 26.6. The van der Waals surface area contributed by atoms with Gasteiger partial charge in [0.25, 0.3) is 0 Å². The largest absolute Gasteiger partial charge is 0.442 e. The maximum Gasteiger partial charge on any atom is 0.0954 e. The molecule has 0 amide bonds.